The maximum atomic E-state index is 12.7. The van der Waals surface area contributed by atoms with Gasteiger partial charge in [-0.1, -0.05) is 48.5 Å². The van der Waals surface area contributed by atoms with Crippen LogP contribution in [-0.4, -0.2) is 37.0 Å². The first kappa shape index (κ1) is 27.3. The molecule has 3 amide bonds. The van der Waals surface area contributed by atoms with Gasteiger partial charge in [-0.25, -0.2) is 10.2 Å². The van der Waals surface area contributed by atoms with Gasteiger partial charge in [-0.05, 0) is 60.2 Å². The number of benzene rings is 4. The summed E-state index contributed by atoms with van der Waals surface area (Å²) in [5, 5.41) is 8.97. The van der Waals surface area contributed by atoms with Crippen molar-refractivity contribution in [3.05, 3.63) is 120 Å². The number of hydrazone groups is 1. The first-order chi connectivity index (χ1) is 19.4. The highest BCUT2D eigenvalue weighted by atomic mass is 16.6. The molecule has 10 heteroatoms. The standard InChI is InChI=1S/C30H24N4O6/c1-39-26-18-20(16-17-25(26)40-30(38)21-10-4-2-5-11-21)19-31-34-29(37)28(36)33-24-15-9-8-14-23(24)27(35)32-22-12-6-3-7-13-22/h2-19H,1H3,(H,32,35)(H,33,36)(H,34,37)/b31-19+. The van der Waals surface area contributed by atoms with E-state index in [0.29, 0.717) is 16.8 Å². The summed E-state index contributed by atoms with van der Waals surface area (Å²) in [7, 11) is 1.42. The molecule has 0 aliphatic rings. The van der Waals surface area contributed by atoms with Gasteiger partial charge in [0.1, 0.15) is 0 Å². The van der Waals surface area contributed by atoms with Crippen LogP contribution < -0.4 is 25.5 Å². The van der Waals surface area contributed by atoms with Crippen molar-refractivity contribution in [3.8, 4) is 11.5 Å². The Bertz CT molecular complexity index is 1560. The number of hydrogen-bond donors (Lipinski definition) is 3. The maximum absolute atomic E-state index is 12.7. The summed E-state index contributed by atoms with van der Waals surface area (Å²) in [5.41, 5.74) is 3.94. The second-order valence-electron chi connectivity index (χ2n) is 8.18. The number of methoxy groups -OCH3 is 1. The lowest BCUT2D eigenvalue weighted by atomic mass is 10.1. The highest BCUT2D eigenvalue weighted by molar-refractivity contribution is 6.40. The summed E-state index contributed by atoms with van der Waals surface area (Å²) in [4.78, 5) is 49.8. The van der Waals surface area contributed by atoms with Crippen LogP contribution in [-0.2, 0) is 9.59 Å². The monoisotopic (exact) mass is 536 g/mol. The van der Waals surface area contributed by atoms with E-state index in [4.69, 9.17) is 9.47 Å². The Balaban J connectivity index is 1.36. The molecule has 40 heavy (non-hydrogen) atoms. The Kier molecular flexibility index (Phi) is 8.97. The van der Waals surface area contributed by atoms with Crippen molar-refractivity contribution in [1.82, 2.24) is 5.43 Å². The van der Waals surface area contributed by atoms with E-state index >= 15 is 0 Å². The van der Waals surface area contributed by atoms with Crippen LogP contribution >= 0.6 is 0 Å². The van der Waals surface area contributed by atoms with Gasteiger partial charge < -0.3 is 20.1 Å². The van der Waals surface area contributed by atoms with E-state index in [1.807, 2.05) is 6.07 Å². The molecule has 4 aromatic carbocycles. The van der Waals surface area contributed by atoms with Gasteiger partial charge in [-0.15, -0.1) is 0 Å². The first-order valence-electron chi connectivity index (χ1n) is 12.0. The van der Waals surface area contributed by atoms with Gasteiger partial charge in [0, 0.05) is 5.69 Å². The highest BCUT2D eigenvalue weighted by Crippen LogP contribution is 2.28. The number of amides is 3. The maximum Gasteiger partial charge on any atom is 0.343 e. The van der Waals surface area contributed by atoms with Gasteiger partial charge in [0.2, 0.25) is 0 Å². The average Bonchev–Trinajstić information content (AvgIpc) is 2.98. The summed E-state index contributed by atoms with van der Waals surface area (Å²) in [6.45, 7) is 0. The molecule has 0 aliphatic carbocycles. The fourth-order valence-corrected chi connectivity index (χ4v) is 3.49. The Morgan fingerprint density at radius 1 is 0.725 bits per heavy atom. The summed E-state index contributed by atoms with van der Waals surface area (Å²) < 4.78 is 10.7. The number of carbonyl (C=O) groups is 4. The van der Waals surface area contributed by atoms with Gasteiger partial charge in [-0.2, -0.15) is 5.10 Å². The van der Waals surface area contributed by atoms with Crippen molar-refractivity contribution in [2.24, 2.45) is 5.10 Å². The third-order valence-corrected chi connectivity index (χ3v) is 5.44. The van der Waals surface area contributed by atoms with Crippen LogP contribution in [0, 0.1) is 0 Å². The molecule has 10 nitrogen and oxygen atoms in total. The molecule has 0 saturated heterocycles. The van der Waals surface area contributed by atoms with E-state index in [1.54, 1.807) is 78.9 Å². The van der Waals surface area contributed by atoms with Crippen LogP contribution in [0.4, 0.5) is 11.4 Å². The Hall–Kier alpha value is -5.77. The highest BCUT2D eigenvalue weighted by Gasteiger charge is 2.18. The van der Waals surface area contributed by atoms with Crippen molar-refractivity contribution in [2.45, 2.75) is 0 Å². The van der Waals surface area contributed by atoms with E-state index < -0.39 is 23.7 Å². The van der Waals surface area contributed by atoms with E-state index in [9.17, 15) is 19.2 Å². The fourth-order valence-electron chi connectivity index (χ4n) is 3.49. The molecular formula is C30H24N4O6. The summed E-state index contributed by atoms with van der Waals surface area (Å²) in [6.07, 6.45) is 1.29. The van der Waals surface area contributed by atoms with E-state index in [1.165, 1.54) is 31.5 Å². The van der Waals surface area contributed by atoms with Gasteiger partial charge >= 0.3 is 17.8 Å². The molecule has 0 bridgehead atoms. The lowest BCUT2D eigenvalue weighted by Gasteiger charge is -2.11. The summed E-state index contributed by atoms with van der Waals surface area (Å²) in [6, 6.07) is 28.3. The van der Waals surface area contributed by atoms with Crippen molar-refractivity contribution in [3.63, 3.8) is 0 Å². The zero-order valence-electron chi connectivity index (χ0n) is 21.3. The number of nitrogens with zero attached hydrogens (tertiary/aromatic N) is 1. The van der Waals surface area contributed by atoms with Gasteiger partial charge in [0.05, 0.1) is 30.1 Å². The third-order valence-electron chi connectivity index (χ3n) is 5.44. The Labute approximate surface area is 229 Å². The molecule has 0 saturated carbocycles. The number of nitrogens with one attached hydrogen (secondary N) is 3. The zero-order chi connectivity index (χ0) is 28.3. The number of carbonyl (C=O) groups excluding carboxylic acids is 4. The van der Waals surface area contributed by atoms with Crippen LogP contribution in [0.25, 0.3) is 0 Å². The Morgan fingerprint density at radius 3 is 2.12 bits per heavy atom. The second-order valence-corrected chi connectivity index (χ2v) is 8.18. The number of ether oxygens (including phenoxy) is 2. The predicted molar refractivity (Wildman–Crippen MR) is 150 cm³/mol. The van der Waals surface area contributed by atoms with E-state index in [-0.39, 0.29) is 22.7 Å². The van der Waals surface area contributed by atoms with Crippen molar-refractivity contribution < 1.29 is 28.7 Å². The molecule has 4 rings (SSSR count). The van der Waals surface area contributed by atoms with E-state index in [0.717, 1.165) is 0 Å². The number of esters is 1. The lowest BCUT2D eigenvalue weighted by Crippen LogP contribution is -2.33. The third kappa shape index (κ3) is 7.17. The minimum absolute atomic E-state index is 0.158. The molecule has 200 valence electrons. The molecule has 0 radical (unpaired) electrons. The fraction of sp³-hybridized carbons (Fsp3) is 0.0333. The molecular weight excluding hydrogens is 512 g/mol. The van der Waals surface area contributed by atoms with Gasteiger partial charge in [0.25, 0.3) is 5.91 Å². The zero-order valence-corrected chi connectivity index (χ0v) is 21.3. The molecule has 0 unspecified atom stereocenters. The smallest absolute Gasteiger partial charge is 0.343 e. The number of para-hydroxylation sites is 2. The SMILES string of the molecule is COc1cc(/C=N/NC(=O)C(=O)Nc2ccccc2C(=O)Nc2ccccc2)ccc1OC(=O)c1ccccc1. The molecule has 0 aromatic heterocycles. The van der Waals surface area contributed by atoms with Gasteiger partial charge in [-0.3, -0.25) is 14.4 Å². The van der Waals surface area contributed by atoms with Crippen molar-refractivity contribution in [1.29, 1.82) is 0 Å². The Morgan fingerprint density at radius 2 is 1.40 bits per heavy atom. The molecule has 0 fully saturated rings. The molecule has 0 aliphatic heterocycles. The van der Waals surface area contributed by atoms with Crippen LogP contribution in [0.2, 0.25) is 0 Å². The molecule has 3 N–H and O–H groups in total. The predicted octanol–water partition coefficient (Wildman–Crippen LogP) is 4.26. The molecule has 4 aromatic rings. The van der Waals surface area contributed by atoms with Gasteiger partial charge in [0.15, 0.2) is 11.5 Å². The van der Waals surface area contributed by atoms with Crippen LogP contribution in [0.1, 0.15) is 26.3 Å². The molecule has 0 heterocycles. The van der Waals surface area contributed by atoms with Crippen LogP contribution in [0.5, 0.6) is 11.5 Å². The molecule has 0 atom stereocenters. The van der Waals surface area contributed by atoms with Crippen LogP contribution in [0.15, 0.2) is 108 Å². The minimum Gasteiger partial charge on any atom is -0.493 e. The lowest BCUT2D eigenvalue weighted by molar-refractivity contribution is -0.136. The van der Waals surface area contributed by atoms with Crippen molar-refractivity contribution in [2.75, 3.05) is 17.7 Å². The van der Waals surface area contributed by atoms with Crippen LogP contribution in [0.3, 0.4) is 0 Å². The van der Waals surface area contributed by atoms with Crippen molar-refractivity contribution >= 4 is 41.3 Å². The second kappa shape index (κ2) is 13.2. The normalized spacial score (nSPS) is 10.4. The van der Waals surface area contributed by atoms with E-state index in [2.05, 4.69) is 21.2 Å². The number of hydrogen-bond acceptors (Lipinski definition) is 7. The largest absolute Gasteiger partial charge is 0.493 e. The summed E-state index contributed by atoms with van der Waals surface area (Å²) in [5.74, 6) is -2.59. The average molecular weight is 537 g/mol. The number of rotatable bonds is 8. The quantitative estimate of drug-likeness (QED) is 0.101. The first-order valence-corrected chi connectivity index (χ1v) is 12.0. The topological polar surface area (TPSA) is 135 Å². The number of anilines is 2. The molecule has 0 spiro atoms. The summed E-state index contributed by atoms with van der Waals surface area (Å²) >= 11 is 0. The minimum atomic E-state index is -1.05.